The molecule has 0 bridgehead atoms. The highest BCUT2D eigenvalue weighted by Crippen LogP contribution is 2.24. The van der Waals surface area contributed by atoms with Crippen LogP contribution >= 0.6 is 0 Å². The molecule has 1 aromatic carbocycles. The number of ether oxygens (including phenoxy) is 2. The van der Waals surface area contributed by atoms with Crippen LogP contribution in [0.15, 0.2) is 18.2 Å². The molecule has 1 saturated heterocycles. The van der Waals surface area contributed by atoms with Crippen LogP contribution < -0.4 is 4.74 Å². The standard InChI is InChI=1S/C12H16O3/c1-9-8-10(5-6-11(9)13)15-12-4-2-3-7-14-12/h5-6,8,12-13H,2-4,7H2,1H3. The largest absolute Gasteiger partial charge is 0.508 e. The van der Waals surface area contributed by atoms with Crippen molar-refractivity contribution in [2.24, 2.45) is 0 Å². The molecule has 1 aliphatic heterocycles. The molecule has 0 radical (unpaired) electrons. The summed E-state index contributed by atoms with van der Waals surface area (Å²) in [5, 5.41) is 9.36. The van der Waals surface area contributed by atoms with Crippen LogP contribution in [-0.2, 0) is 4.74 Å². The van der Waals surface area contributed by atoms with Crippen molar-refractivity contribution in [1.82, 2.24) is 0 Å². The number of hydrogen-bond acceptors (Lipinski definition) is 3. The summed E-state index contributed by atoms with van der Waals surface area (Å²) in [7, 11) is 0. The molecule has 1 aliphatic rings. The molecule has 1 aromatic rings. The lowest BCUT2D eigenvalue weighted by Gasteiger charge is -2.23. The van der Waals surface area contributed by atoms with E-state index in [9.17, 15) is 5.11 Å². The third-order valence-corrected chi connectivity index (χ3v) is 2.57. The average Bonchev–Trinajstić information content (AvgIpc) is 2.25. The minimum Gasteiger partial charge on any atom is -0.508 e. The summed E-state index contributed by atoms with van der Waals surface area (Å²) in [6, 6.07) is 5.24. The molecule has 0 amide bonds. The van der Waals surface area contributed by atoms with Crippen LogP contribution in [0, 0.1) is 6.92 Å². The lowest BCUT2D eigenvalue weighted by atomic mass is 10.2. The van der Waals surface area contributed by atoms with Gasteiger partial charge in [-0.15, -0.1) is 0 Å². The van der Waals surface area contributed by atoms with Gasteiger partial charge in [0.1, 0.15) is 11.5 Å². The van der Waals surface area contributed by atoms with Crippen LogP contribution in [0.25, 0.3) is 0 Å². The Balaban J connectivity index is 2.00. The van der Waals surface area contributed by atoms with Gasteiger partial charge in [0.2, 0.25) is 0 Å². The predicted octanol–water partition coefficient (Wildman–Crippen LogP) is 2.61. The zero-order chi connectivity index (χ0) is 10.7. The van der Waals surface area contributed by atoms with Crippen molar-refractivity contribution in [3.8, 4) is 11.5 Å². The number of aryl methyl sites for hydroxylation is 1. The van der Waals surface area contributed by atoms with E-state index < -0.39 is 0 Å². The van der Waals surface area contributed by atoms with Gasteiger partial charge in [-0.3, -0.25) is 0 Å². The number of benzene rings is 1. The van der Waals surface area contributed by atoms with E-state index in [1.807, 2.05) is 13.0 Å². The monoisotopic (exact) mass is 208 g/mol. The van der Waals surface area contributed by atoms with Crippen molar-refractivity contribution < 1.29 is 14.6 Å². The molecule has 3 nitrogen and oxygen atoms in total. The zero-order valence-corrected chi connectivity index (χ0v) is 8.90. The number of phenolic OH excluding ortho intramolecular Hbond substituents is 1. The first-order valence-electron chi connectivity index (χ1n) is 5.33. The fraction of sp³-hybridized carbons (Fsp3) is 0.500. The smallest absolute Gasteiger partial charge is 0.199 e. The van der Waals surface area contributed by atoms with Crippen molar-refractivity contribution in [3.05, 3.63) is 23.8 Å². The van der Waals surface area contributed by atoms with Gasteiger partial charge >= 0.3 is 0 Å². The second kappa shape index (κ2) is 4.53. The molecule has 1 fully saturated rings. The molecule has 82 valence electrons. The normalized spacial score (nSPS) is 21.3. The summed E-state index contributed by atoms with van der Waals surface area (Å²) in [4.78, 5) is 0. The molecule has 0 saturated carbocycles. The predicted molar refractivity (Wildman–Crippen MR) is 57.1 cm³/mol. The highest BCUT2D eigenvalue weighted by Gasteiger charge is 2.15. The van der Waals surface area contributed by atoms with Gasteiger partial charge in [-0.25, -0.2) is 0 Å². The molecule has 1 heterocycles. The first kappa shape index (κ1) is 10.3. The second-order valence-electron chi connectivity index (χ2n) is 3.86. The Morgan fingerprint density at radius 1 is 1.40 bits per heavy atom. The maximum Gasteiger partial charge on any atom is 0.199 e. The van der Waals surface area contributed by atoms with E-state index in [-0.39, 0.29) is 6.29 Å². The highest BCUT2D eigenvalue weighted by molar-refractivity contribution is 5.38. The van der Waals surface area contributed by atoms with Crippen LogP contribution in [0.2, 0.25) is 0 Å². The molecule has 3 heteroatoms. The lowest BCUT2D eigenvalue weighted by molar-refractivity contribution is -0.105. The third-order valence-electron chi connectivity index (χ3n) is 2.57. The minimum absolute atomic E-state index is 0.123. The molecule has 1 N–H and O–H groups in total. The quantitative estimate of drug-likeness (QED) is 0.811. The average molecular weight is 208 g/mol. The molecule has 0 aliphatic carbocycles. The molecule has 1 unspecified atom stereocenters. The summed E-state index contributed by atoms with van der Waals surface area (Å²) >= 11 is 0. The van der Waals surface area contributed by atoms with Gasteiger partial charge < -0.3 is 14.6 Å². The first-order valence-corrected chi connectivity index (χ1v) is 5.33. The lowest BCUT2D eigenvalue weighted by Crippen LogP contribution is -2.24. The minimum atomic E-state index is -0.123. The maximum atomic E-state index is 9.36. The second-order valence-corrected chi connectivity index (χ2v) is 3.86. The van der Waals surface area contributed by atoms with Gasteiger partial charge in [0.15, 0.2) is 6.29 Å². The molecule has 2 rings (SSSR count). The Morgan fingerprint density at radius 2 is 2.27 bits per heavy atom. The van der Waals surface area contributed by atoms with Crippen molar-refractivity contribution in [3.63, 3.8) is 0 Å². The summed E-state index contributed by atoms with van der Waals surface area (Å²) in [5.74, 6) is 1.06. The van der Waals surface area contributed by atoms with Crippen molar-refractivity contribution >= 4 is 0 Å². The number of aromatic hydroxyl groups is 1. The molecular formula is C12H16O3. The molecular weight excluding hydrogens is 192 g/mol. The maximum absolute atomic E-state index is 9.36. The fourth-order valence-corrected chi connectivity index (χ4v) is 1.66. The van der Waals surface area contributed by atoms with Gasteiger partial charge in [0.25, 0.3) is 0 Å². The number of hydrogen-bond donors (Lipinski definition) is 1. The van der Waals surface area contributed by atoms with Crippen molar-refractivity contribution in [2.45, 2.75) is 32.5 Å². The van der Waals surface area contributed by atoms with E-state index in [4.69, 9.17) is 9.47 Å². The molecule has 0 aromatic heterocycles. The first-order chi connectivity index (χ1) is 7.25. The van der Waals surface area contributed by atoms with E-state index in [2.05, 4.69) is 0 Å². The van der Waals surface area contributed by atoms with Crippen LogP contribution in [0.4, 0.5) is 0 Å². The Bertz CT molecular complexity index is 330. The van der Waals surface area contributed by atoms with Crippen molar-refractivity contribution in [1.29, 1.82) is 0 Å². The Morgan fingerprint density at radius 3 is 2.93 bits per heavy atom. The van der Waals surface area contributed by atoms with E-state index >= 15 is 0 Å². The van der Waals surface area contributed by atoms with E-state index in [0.717, 1.165) is 37.2 Å². The van der Waals surface area contributed by atoms with Crippen LogP contribution in [-0.4, -0.2) is 18.0 Å². The van der Waals surface area contributed by atoms with E-state index in [1.165, 1.54) is 0 Å². The SMILES string of the molecule is Cc1cc(OC2CCCCO2)ccc1O. The summed E-state index contributed by atoms with van der Waals surface area (Å²) in [6.07, 6.45) is 3.10. The summed E-state index contributed by atoms with van der Waals surface area (Å²) in [5.41, 5.74) is 0.823. The highest BCUT2D eigenvalue weighted by atomic mass is 16.7. The van der Waals surface area contributed by atoms with Gasteiger partial charge in [-0.05, 0) is 43.5 Å². The van der Waals surface area contributed by atoms with E-state index in [0.29, 0.717) is 5.75 Å². The number of phenols is 1. The molecule has 0 spiro atoms. The third kappa shape index (κ3) is 2.63. The fourth-order valence-electron chi connectivity index (χ4n) is 1.66. The van der Waals surface area contributed by atoms with Gasteiger partial charge in [0.05, 0.1) is 6.61 Å². The Labute approximate surface area is 89.6 Å². The Hall–Kier alpha value is -1.22. The summed E-state index contributed by atoms with van der Waals surface area (Å²) in [6.45, 7) is 2.63. The zero-order valence-electron chi connectivity index (χ0n) is 8.90. The summed E-state index contributed by atoms with van der Waals surface area (Å²) < 4.78 is 11.1. The number of rotatable bonds is 2. The van der Waals surface area contributed by atoms with Gasteiger partial charge in [-0.1, -0.05) is 0 Å². The topological polar surface area (TPSA) is 38.7 Å². The van der Waals surface area contributed by atoms with Gasteiger partial charge in [-0.2, -0.15) is 0 Å². The van der Waals surface area contributed by atoms with Gasteiger partial charge in [0, 0.05) is 6.42 Å². The van der Waals surface area contributed by atoms with Crippen molar-refractivity contribution in [2.75, 3.05) is 6.61 Å². The van der Waals surface area contributed by atoms with E-state index in [1.54, 1.807) is 12.1 Å². The van der Waals surface area contributed by atoms with Crippen LogP contribution in [0.5, 0.6) is 11.5 Å². The Kier molecular flexibility index (Phi) is 3.11. The van der Waals surface area contributed by atoms with Crippen LogP contribution in [0.1, 0.15) is 24.8 Å². The van der Waals surface area contributed by atoms with Crippen LogP contribution in [0.3, 0.4) is 0 Å². The molecule has 15 heavy (non-hydrogen) atoms. The molecule has 1 atom stereocenters.